The van der Waals surface area contributed by atoms with E-state index in [1.807, 2.05) is 0 Å². The van der Waals surface area contributed by atoms with Gasteiger partial charge in [-0.2, -0.15) is 0 Å². The van der Waals surface area contributed by atoms with E-state index < -0.39 is 17.4 Å². The lowest BCUT2D eigenvalue weighted by Crippen LogP contribution is -2.07. The Morgan fingerprint density at radius 2 is 1.74 bits per heavy atom. The molecule has 0 spiro atoms. The highest BCUT2D eigenvalue weighted by molar-refractivity contribution is 9.10. The van der Waals surface area contributed by atoms with Gasteiger partial charge in [-0.3, -0.25) is 4.79 Å². The normalized spacial score (nSPS) is 10.5. The molecule has 0 aliphatic heterocycles. The van der Waals surface area contributed by atoms with Crippen LogP contribution in [-0.4, -0.2) is 5.78 Å². The maximum atomic E-state index is 13.6. The molecule has 0 aliphatic carbocycles. The Morgan fingerprint density at radius 1 is 1.11 bits per heavy atom. The summed E-state index contributed by atoms with van der Waals surface area (Å²) in [6.45, 7) is 0. The second-order valence-electron chi connectivity index (χ2n) is 3.97. The lowest BCUT2D eigenvalue weighted by molar-refractivity contribution is 0.0988. The molecule has 2 rings (SSSR count). The number of carbonyl (C=O) groups excluding carboxylic acids is 1. The lowest BCUT2D eigenvalue weighted by Gasteiger charge is -2.05. The Labute approximate surface area is 122 Å². The maximum absolute atomic E-state index is 13.6. The minimum atomic E-state index is -0.743. The first kappa shape index (κ1) is 14.2. The second kappa shape index (κ2) is 5.80. The van der Waals surface area contributed by atoms with Crippen LogP contribution in [0.1, 0.15) is 15.9 Å². The third-order valence-electron chi connectivity index (χ3n) is 2.59. The first-order chi connectivity index (χ1) is 8.97. The highest BCUT2D eigenvalue weighted by Crippen LogP contribution is 2.21. The Balaban J connectivity index is 2.25. The van der Waals surface area contributed by atoms with Crippen LogP contribution in [0, 0.1) is 11.6 Å². The Hall–Kier alpha value is -1.26. The van der Waals surface area contributed by atoms with Crippen molar-refractivity contribution in [1.82, 2.24) is 0 Å². The molecule has 0 heterocycles. The van der Waals surface area contributed by atoms with E-state index in [9.17, 15) is 13.6 Å². The van der Waals surface area contributed by atoms with E-state index in [0.29, 0.717) is 10.6 Å². The summed E-state index contributed by atoms with van der Waals surface area (Å²) in [5.41, 5.74) is 0.438. The predicted molar refractivity (Wildman–Crippen MR) is 73.5 cm³/mol. The molecule has 0 atom stereocenters. The monoisotopic (exact) mass is 344 g/mol. The van der Waals surface area contributed by atoms with Crippen LogP contribution < -0.4 is 0 Å². The molecule has 1 nitrogen and oxygen atoms in total. The van der Waals surface area contributed by atoms with Gasteiger partial charge in [-0.1, -0.05) is 23.7 Å². The van der Waals surface area contributed by atoms with Gasteiger partial charge in [0, 0.05) is 11.4 Å². The number of halogens is 4. The van der Waals surface area contributed by atoms with Crippen LogP contribution in [-0.2, 0) is 6.42 Å². The molecular weight excluding hydrogens is 338 g/mol. The van der Waals surface area contributed by atoms with Gasteiger partial charge in [-0.15, -0.1) is 0 Å². The summed E-state index contributed by atoms with van der Waals surface area (Å²) in [5, 5.41) is 0.553. The van der Waals surface area contributed by atoms with Crippen molar-refractivity contribution < 1.29 is 13.6 Å². The van der Waals surface area contributed by atoms with E-state index >= 15 is 0 Å². The molecule has 0 radical (unpaired) electrons. The van der Waals surface area contributed by atoms with E-state index in [2.05, 4.69) is 15.9 Å². The van der Waals surface area contributed by atoms with Gasteiger partial charge in [-0.05, 0) is 45.8 Å². The fourth-order valence-electron chi connectivity index (χ4n) is 1.62. The van der Waals surface area contributed by atoms with Crippen LogP contribution in [0.3, 0.4) is 0 Å². The fourth-order valence-corrected chi connectivity index (χ4v) is 2.06. The van der Waals surface area contributed by atoms with E-state index in [1.54, 1.807) is 24.3 Å². The molecular formula is C14H8BrClF2O. The van der Waals surface area contributed by atoms with Crippen molar-refractivity contribution in [3.8, 4) is 0 Å². The number of hydrogen-bond donors (Lipinski definition) is 0. The molecule has 0 aromatic heterocycles. The largest absolute Gasteiger partial charge is 0.294 e. The Kier molecular flexibility index (Phi) is 4.32. The molecule has 0 unspecified atom stereocenters. The average Bonchev–Trinajstić information content (AvgIpc) is 2.36. The van der Waals surface area contributed by atoms with Gasteiger partial charge >= 0.3 is 0 Å². The van der Waals surface area contributed by atoms with Crippen LogP contribution in [0.25, 0.3) is 0 Å². The molecule has 19 heavy (non-hydrogen) atoms. The number of benzene rings is 2. The van der Waals surface area contributed by atoms with Crippen LogP contribution in [0.5, 0.6) is 0 Å². The summed E-state index contributed by atoms with van der Waals surface area (Å²) in [7, 11) is 0. The van der Waals surface area contributed by atoms with Crippen molar-refractivity contribution in [3.05, 3.63) is 68.7 Å². The lowest BCUT2D eigenvalue weighted by atomic mass is 10.0. The first-order valence-electron chi connectivity index (χ1n) is 5.39. The van der Waals surface area contributed by atoms with Gasteiger partial charge in [0.2, 0.25) is 0 Å². The smallest absolute Gasteiger partial charge is 0.170 e. The number of rotatable bonds is 3. The molecule has 2 aromatic rings. The van der Waals surface area contributed by atoms with Crippen LogP contribution in [0.4, 0.5) is 8.78 Å². The maximum Gasteiger partial charge on any atom is 0.170 e. The molecule has 0 bridgehead atoms. The third-order valence-corrected chi connectivity index (χ3v) is 3.45. The van der Waals surface area contributed by atoms with Crippen LogP contribution >= 0.6 is 27.5 Å². The molecule has 0 saturated carbocycles. The second-order valence-corrected chi connectivity index (χ2v) is 5.26. The zero-order valence-corrected chi connectivity index (χ0v) is 11.9. The first-order valence-corrected chi connectivity index (χ1v) is 6.56. The van der Waals surface area contributed by atoms with Gasteiger partial charge in [-0.25, -0.2) is 8.78 Å². The third kappa shape index (κ3) is 3.39. The summed E-state index contributed by atoms with van der Waals surface area (Å²) >= 11 is 8.59. The van der Waals surface area contributed by atoms with Crippen LogP contribution in [0.2, 0.25) is 5.02 Å². The van der Waals surface area contributed by atoms with Gasteiger partial charge < -0.3 is 0 Å². The van der Waals surface area contributed by atoms with Crippen LogP contribution in [0.15, 0.2) is 40.9 Å². The standard InChI is InChI=1S/C14H8BrClF2O/c15-11-7-12(17)10(6-13(11)18)14(19)5-8-1-3-9(16)4-2-8/h1-4,6-7H,5H2. The number of ketones is 1. The van der Waals surface area contributed by atoms with Crippen molar-refractivity contribution in [3.63, 3.8) is 0 Å². The Bertz CT molecular complexity index is 626. The number of hydrogen-bond acceptors (Lipinski definition) is 1. The Morgan fingerprint density at radius 3 is 2.37 bits per heavy atom. The molecule has 98 valence electrons. The van der Waals surface area contributed by atoms with E-state index in [0.717, 1.165) is 12.1 Å². The number of Topliss-reactive ketones (excluding diaryl/α,β-unsaturated/α-hetero) is 1. The summed E-state index contributed by atoms with van der Waals surface area (Å²) in [6, 6.07) is 8.48. The van der Waals surface area contributed by atoms with Gasteiger partial charge in [0.15, 0.2) is 5.78 Å². The SMILES string of the molecule is O=C(Cc1ccc(Cl)cc1)c1cc(F)c(Br)cc1F. The fraction of sp³-hybridized carbons (Fsp3) is 0.0714. The van der Waals surface area contributed by atoms with E-state index in [-0.39, 0.29) is 16.5 Å². The summed E-state index contributed by atoms with van der Waals surface area (Å²) in [6.07, 6.45) is -0.00480. The van der Waals surface area contributed by atoms with E-state index in [4.69, 9.17) is 11.6 Å². The summed E-state index contributed by atoms with van der Waals surface area (Å²) < 4.78 is 26.9. The zero-order chi connectivity index (χ0) is 14.0. The van der Waals surface area contributed by atoms with Crippen molar-refractivity contribution >= 4 is 33.3 Å². The quantitative estimate of drug-likeness (QED) is 0.576. The van der Waals surface area contributed by atoms with Crippen molar-refractivity contribution in [2.75, 3.05) is 0 Å². The van der Waals surface area contributed by atoms with Crippen molar-refractivity contribution in [2.45, 2.75) is 6.42 Å². The zero-order valence-electron chi connectivity index (χ0n) is 9.59. The molecule has 5 heteroatoms. The summed E-state index contributed by atoms with van der Waals surface area (Å²) in [4.78, 5) is 11.9. The molecule has 0 N–H and O–H groups in total. The number of carbonyl (C=O) groups is 1. The molecule has 0 aliphatic rings. The van der Waals surface area contributed by atoms with Crippen molar-refractivity contribution in [2.24, 2.45) is 0 Å². The average molecular weight is 346 g/mol. The molecule has 0 fully saturated rings. The van der Waals surface area contributed by atoms with Gasteiger partial charge in [0.25, 0.3) is 0 Å². The highest BCUT2D eigenvalue weighted by Gasteiger charge is 2.15. The van der Waals surface area contributed by atoms with E-state index in [1.165, 1.54) is 0 Å². The summed E-state index contributed by atoms with van der Waals surface area (Å²) in [5.74, 6) is -1.89. The highest BCUT2D eigenvalue weighted by atomic mass is 79.9. The van der Waals surface area contributed by atoms with Gasteiger partial charge in [0.1, 0.15) is 11.6 Å². The minimum absolute atomic E-state index is 0.00480. The molecule has 0 saturated heterocycles. The molecule has 0 amide bonds. The predicted octanol–water partition coefficient (Wildman–Crippen LogP) is 4.81. The topological polar surface area (TPSA) is 17.1 Å². The van der Waals surface area contributed by atoms with Gasteiger partial charge in [0.05, 0.1) is 10.0 Å². The van der Waals surface area contributed by atoms with Crippen molar-refractivity contribution in [1.29, 1.82) is 0 Å². The molecule has 2 aromatic carbocycles. The minimum Gasteiger partial charge on any atom is -0.294 e.